The molecule has 0 aromatic heterocycles. The molecule has 2 aromatic carbocycles. The number of carbonyl (C=O) groups is 1. The van der Waals surface area contributed by atoms with Crippen molar-refractivity contribution in [2.75, 3.05) is 5.32 Å². The lowest BCUT2D eigenvalue weighted by Gasteiger charge is -2.03. The van der Waals surface area contributed by atoms with Gasteiger partial charge in [-0.2, -0.15) is 0 Å². The first-order chi connectivity index (χ1) is 9.22. The Balaban J connectivity index is 2.12. The number of hydrogen-bond acceptors (Lipinski definition) is 2. The van der Waals surface area contributed by atoms with E-state index in [4.69, 9.17) is 11.6 Å². The molecule has 0 bridgehead atoms. The van der Waals surface area contributed by atoms with E-state index in [-0.39, 0.29) is 12.3 Å². The average molecular weight is 271 g/mol. The first-order valence-corrected chi connectivity index (χ1v) is 6.32. The molecular weight excluding hydrogens is 260 g/mol. The van der Waals surface area contributed by atoms with Gasteiger partial charge in [-0.1, -0.05) is 41.9 Å². The lowest BCUT2D eigenvalue weighted by atomic mass is 10.1. The maximum Gasteiger partial charge on any atom is 0.230 e. The molecular formula is C15H11ClN2O. The van der Waals surface area contributed by atoms with Crippen LogP contribution in [0, 0.1) is 0 Å². The summed E-state index contributed by atoms with van der Waals surface area (Å²) >= 11 is 5.98. The number of amides is 1. The number of carbonyl (C=O) groups excluding carboxylic acids is 1. The van der Waals surface area contributed by atoms with Gasteiger partial charge in [-0.25, -0.2) is 0 Å². The van der Waals surface area contributed by atoms with Gasteiger partial charge in [0, 0.05) is 5.02 Å². The highest BCUT2D eigenvalue weighted by Gasteiger charge is 2.16. The van der Waals surface area contributed by atoms with Gasteiger partial charge in [0.2, 0.25) is 5.91 Å². The molecule has 1 aliphatic rings. The van der Waals surface area contributed by atoms with E-state index >= 15 is 0 Å². The van der Waals surface area contributed by atoms with Crippen molar-refractivity contribution in [2.45, 2.75) is 6.42 Å². The molecule has 94 valence electrons. The highest BCUT2D eigenvalue weighted by atomic mass is 35.5. The molecule has 0 fully saturated rings. The molecule has 1 aliphatic heterocycles. The predicted octanol–water partition coefficient (Wildman–Crippen LogP) is 3.80. The Hall–Kier alpha value is -2.13. The Labute approximate surface area is 115 Å². The Kier molecular flexibility index (Phi) is 3.05. The van der Waals surface area contributed by atoms with Crippen LogP contribution in [-0.4, -0.2) is 11.6 Å². The number of hydrogen-bond donors (Lipinski definition) is 1. The third-order valence-electron chi connectivity index (χ3n) is 2.92. The third kappa shape index (κ3) is 2.51. The summed E-state index contributed by atoms with van der Waals surface area (Å²) in [5, 5.41) is 3.44. The molecule has 0 saturated carbocycles. The second-order valence-electron chi connectivity index (χ2n) is 4.31. The van der Waals surface area contributed by atoms with Crippen molar-refractivity contribution in [2.24, 2.45) is 4.99 Å². The van der Waals surface area contributed by atoms with Gasteiger partial charge in [0.15, 0.2) is 0 Å². The number of benzene rings is 2. The van der Waals surface area contributed by atoms with Crippen LogP contribution in [0.5, 0.6) is 0 Å². The summed E-state index contributed by atoms with van der Waals surface area (Å²) in [5.74, 6) is -0.0660. The number of anilines is 1. The van der Waals surface area contributed by atoms with Crippen LogP contribution in [0.2, 0.25) is 5.02 Å². The van der Waals surface area contributed by atoms with E-state index in [1.807, 2.05) is 30.3 Å². The summed E-state index contributed by atoms with van der Waals surface area (Å²) in [4.78, 5) is 16.5. The summed E-state index contributed by atoms with van der Waals surface area (Å²) in [6.45, 7) is 0. The second-order valence-corrected chi connectivity index (χ2v) is 4.75. The molecule has 2 aromatic rings. The Morgan fingerprint density at radius 2 is 1.89 bits per heavy atom. The van der Waals surface area contributed by atoms with E-state index in [0.29, 0.717) is 16.4 Å². The van der Waals surface area contributed by atoms with Gasteiger partial charge in [-0.3, -0.25) is 9.79 Å². The Morgan fingerprint density at radius 3 is 2.68 bits per heavy atom. The van der Waals surface area contributed by atoms with Crippen LogP contribution in [0.25, 0.3) is 0 Å². The lowest BCUT2D eigenvalue weighted by Crippen LogP contribution is -2.14. The molecule has 0 atom stereocenters. The zero-order chi connectivity index (χ0) is 13.2. The van der Waals surface area contributed by atoms with Crippen molar-refractivity contribution in [3.63, 3.8) is 0 Å². The smallest absolute Gasteiger partial charge is 0.230 e. The fourth-order valence-corrected chi connectivity index (χ4v) is 2.20. The van der Waals surface area contributed by atoms with Crippen LogP contribution in [0.15, 0.2) is 53.5 Å². The quantitative estimate of drug-likeness (QED) is 0.841. The van der Waals surface area contributed by atoms with Gasteiger partial charge in [-0.15, -0.1) is 0 Å². The minimum Gasteiger partial charge on any atom is -0.324 e. The van der Waals surface area contributed by atoms with Gasteiger partial charge in [0.25, 0.3) is 0 Å². The number of halogens is 1. The SMILES string of the molecule is O=C1CC(c2ccccc2)=Nc2cc(Cl)ccc2N1. The van der Waals surface area contributed by atoms with Gasteiger partial charge in [0.05, 0.1) is 23.5 Å². The fourth-order valence-electron chi connectivity index (χ4n) is 2.03. The predicted molar refractivity (Wildman–Crippen MR) is 77.3 cm³/mol. The third-order valence-corrected chi connectivity index (χ3v) is 3.16. The fraction of sp³-hybridized carbons (Fsp3) is 0.0667. The molecule has 0 aliphatic carbocycles. The maximum atomic E-state index is 11.9. The topological polar surface area (TPSA) is 41.5 Å². The number of nitrogens with one attached hydrogen (secondary N) is 1. The van der Waals surface area contributed by atoms with Crippen molar-refractivity contribution in [3.8, 4) is 0 Å². The minimum atomic E-state index is -0.0660. The number of rotatable bonds is 1. The zero-order valence-corrected chi connectivity index (χ0v) is 10.8. The standard InChI is InChI=1S/C15H11ClN2O/c16-11-6-7-12-14(8-11)17-13(9-15(19)18-12)10-4-2-1-3-5-10/h1-8H,9H2,(H,18,19). The number of fused-ring (bicyclic) bond motifs is 1. The van der Waals surface area contributed by atoms with E-state index in [1.165, 1.54) is 0 Å². The molecule has 0 saturated heterocycles. The average Bonchev–Trinajstić information content (AvgIpc) is 2.58. The van der Waals surface area contributed by atoms with Gasteiger partial charge in [0.1, 0.15) is 0 Å². The monoisotopic (exact) mass is 270 g/mol. The molecule has 4 heteroatoms. The normalized spacial score (nSPS) is 14.2. The molecule has 3 rings (SSSR count). The summed E-state index contributed by atoms with van der Waals surface area (Å²) in [6.07, 6.45) is 0.260. The molecule has 0 radical (unpaired) electrons. The van der Waals surface area contributed by atoms with Crippen LogP contribution < -0.4 is 5.32 Å². The molecule has 1 amide bonds. The van der Waals surface area contributed by atoms with Crippen molar-refractivity contribution in [3.05, 3.63) is 59.1 Å². The zero-order valence-electron chi connectivity index (χ0n) is 10.1. The second kappa shape index (κ2) is 4.86. The van der Waals surface area contributed by atoms with Crippen LogP contribution >= 0.6 is 11.6 Å². The van der Waals surface area contributed by atoms with Gasteiger partial charge < -0.3 is 5.32 Å². The van der Waals surface area contributed by atoms with Crippen LogP contribution in [0.3, 0.4) is 0 Å². The van der Waals surface area contributed by atoms with Crippen molar-refractivity contribution >= 4 is 34.6 Å². The van der Waals surface area contributed by atoms with E-state index in [1.54, 1.807) is 18.2 Å². The van der Waals surface area contributed by atoms with Crippen LogP contribution in [0.4, 0.5) is 11.4 Å². The summed E-state index contributed by atoms with van der Waals surface area (Å²) in [6, 6.07) is 15.0. The molecule has 1 N–H and O–H groups in total. The minimum absolute atomic E-state index is 0.0660. The Bertz CT molecular complexity index is 665. The van der Waals surface area contributed by atoms with E-state index < -0.39 is 0 Å². The first kappa shape index (κ1) is 11.9. The molecule has 0 unspecified atom stereocenters. The molecule has 1 heterocycles. The number of nitrogens with zero attached hydrogens (tertiary/aromatic N) is 1. The van der Waals surface area contributed by atoms with Crippen molar-refractivity contribution in [1.82, 2.24) is 0 Å². The molecule has 19 heavy (non-hydrogen) atoms. The Morgan fingerprint density at radius 1 is 1.11 bits per heavy atom. The van der Waals surface area contributed by atoms with Crippen molar-refractivity contribution < 1.29 is 4.79 Å². The maximum absolute atomic E-state index is 11.9. The van der Waals surface area contributed by atoms with E-state index in [9.17, 15) is 4.79 Å². The van der Waals surface area contributed by atoms with Gasteiger partial charge >= 0.3 is 0 Å². The summed E-state index contributed by atoms with van der Waals surface area (Å²) < 4.78 is 0. The van der Waals surface area contributed by atoms with E-state index in [0.717, 1.165) is 11.3 Å². The first-order valence-electron chi connectivity index (χ1n) is 5.95. The largest absolute Gasteiger partial charge is 0.324 e. The highest BCUT2D eigenvalue weighted by molar-refractivity contribution is 6.31. The molecule has 3 nitrogen and oxygen atoms in total. The van der Waals surface area contributed by atoms with Crippen LogP contribution in [0.1, 0.15) is 12.0 Å². The highest BCUT2D eigenvalue weighted by Crippen LogP contribution is 2.31. The summed E-state index contributed by atoms with van der Waals surface area (Å²) in [5.41, 5.74) is 3.09. The van der Waals surface area contributed by atoms with Gasteiger partial charge in [-0.05, 0) is 23.8 Å². The van der Waals surface area contributed by atoms with E-state index in [2.05, 4.69) is 10.3 Å². The number of aliphatic imine (C=N–C) groups is 1. The van der Waals surface area contributed by atoms with Crippen LogP contribution in [-0.2, 0) is 4.79 Å². The molecule has 0 spiro atoms. The van der Waals surface area contributed by atoms with Crippen molar-refractivity contribution in [1.29, 1.82) is 0 Å². The summed E-state index contributed by atoms with van der Waals surface area (Å²) in [7, 11) is 0. The lowest BCUT2D eigenvalue weighted by molar-refractivity contribution is -0.115.